The third kappa shape index (κ3) is 4.91. The second-order valence-corrected chi connectivity index (χ2v) is 6.36. The largest absolute Gasteiger partial charge is 0.391 e. The fraction of sp³-hybridized carbons (Fsp3) is 0.455. The lowest BCUT2D eigenvalue weighted by atomic mass is 10.3. The van der Waals surface area contributed by atoms with E-state index in [4.69, 9.17) is 27.9 Å². The van der Waals surface area contributed by atoms with Gasteiger partial charge in [-0.3, -0.25) is 0 Å². The summed E-state index contributed by atoms with van der Waals surface area (Å²) < 4.78 is 31.1. The molecule has 1 aromatic rings. The van der Waals surface area contributed by atoms with Crippen LogP contribution in [-0.4, -0.2) is 39.9 Å². The molecular formula is C11H15Cl2NO4S. The van der Waals surface area contributed by atoms with Crippen LogP contribution in [-0.2, 0) is 14.8 Å². The molecule has 0 radical (unpaired) electrons. The molecule has 0 saturated heterocycles. The lowest BCUT2D eigenvalue weighted by molar-refractivity contribution is 0.0603. The zero-order valence-corrected chi connectivity index (χ0v) is 12.6. The van der Waals surface area contributed by atoms with Crippen LogP contribution in [0.2, 0.25) is 10.0 Å². The van der Waals surface area contributed by atoms with Crippen LogP contribution < -0.4 is 4.72 Å². The molecule has 0 fully saturated rings. The molecule has 5 nitrogen and oxygen atoms in total. The van der Waals surface area contributed by atoms with Crippen molar-refractivity contribution in [1.82, 2.24) is 4.72 Å². The Hall–Kier alpha value is -0.370. The summed E-state index contributed by atoms with van der Waals surface area (Å²) in [5, 5.41) is 9.52. The van der Waals surface area contributed by atoms with E-state index in [1.165, 1.54) is 19.2 Å². The first-order valence-electron chi connectivity index (χ1n) is 5.49. The molecule has 8 heteroatoms. The highest BCUT2D eigenvalue weighted by Gasteiger charge is 2.21. The van der Waals surface area contributed by atoms with Gasteiger partial charge in [0.1, 0.15) is 4.90 Å². The van der Waals surface area contributed by atoms with Gasteiger partial charge in [0.15, 0.2) is 0 Å². The lowest BCUT2D eigenvalue weighted by Gasteiger charge is -2.12. The molecular weight excluding hydrogens is 313 g/mol. The molecule has 1 unspecified atom stereocenters. The van der Waals surface area contributed by atoms with Crippen LogP contribution in [0, 0.1) is 0 Å². The third-order valence-corrected chi connectivity index (χ3v) is 4.73. The number of benzene rings is 1. The van der Waals surface area contributed by atoms with Crippen molar-refractivity contribution in [2.24, 2.45) is 0 Å². The molecule has 0 saturated carbocycles. The summed E-state index contributed by atoms with van der Waals surface area (Å²) in [6.45, 7) is 0.211. The van der Waals surface area contributed by atoms with Gasteiger partial charge >= 0.3 is 0 Å². The van der Waals surface area contributed by atoms with Crippen LogP contribution in [0.25, 0.3) is 0 Å². The van der Waals surface area contributed by atoms with Crippen molar-refractivity contribution in [2.75, 3.05) is 20.3 Å². The third-order valence-electron chi connectivity index (χ3n) is 2.32. The topological polar surface area (TPSA) is 75.6 Å². The van der Waals surface area contributed by atoms with Crippen LogP contribution in [0.4, 0.5) is 0 Å². The van der Waals surface area contributed by atoms with Gasteiger partial charge in [0.25, 0.3) is 0 Å². The molecule has 0 bridgehead atoms. The second-order valence-electron chi connectivity index (χ2n) is 3.85. The SMILES string of the molecule is COCC(O)CCNS(=O)(=O)c1c(Cl)cccc1Cl. The molecule has 108 valence electrons. The summed E-state index contributed by atoms with van der Waals surface area (Å²) in [4.78, 5) is -0.153. The van der Waals surface area contributed by atoms with Gasteiger partial charge in [-0.05, 0) is 18.6 Å². The second kappa shape index (κ2) is 7.42. The highest BCUT2D eigenvalue weighted by Crippen LogP contribution is 2.28. The van der Waals surface area contributed by atoms with Gasteiger partial charge in [0, 0.05) is 13.7 Å². The van der Waals surface area contributed by atoms with Gasteiger partial charge in [0.2, 0.25) is 10.0 Å². The Balaban J connectivity index is 2.72. The van der Waals surface area contributed by atoms with Crippen LogP contribution in [0.15, 0.2) is 23.1 Å². The Bertz CT molecular complexity index is 501. The van der Waals surface area contributed by atoms with Crippen LogP contribution >= 0.6 is 23.2 Å². The van der Waals surface area contributed by atoms with Gasteiger partial charge in [-0.25, -0.2) is 13.1 Å². The first kappa shape index (κ1) is 16.7. The number of sulfonamides is 1. The number of nitrogens with one attached hydrogen (secondary N) is 1. The molecule has 19 heavy (non-hydrogen) atoms. The molecule has 0 aliphatic carbocycles. The summed E-state index contributed by atoms with van der Waals surface area (Å²) in [5.41, 5.74) is 0. The van der Waals surface area contributed by atoms with Gasteiger partial charge in [-0.15, -0.1) is 0 Å². The van der Waals surface area contributed by atoms with Crippen molar-refractivity contribution in [3.05, 3.63) is 28.2 Å². The highest BCUT2D eigenvalue weighted by atomic mass is 35.5. The average molecular weight is 328 g/mol. The minimum Gasteiger partial charge on any atom is -0.391 e. The smallest absolute Gasteiger partial charge is 0.243 e. The Kier molecular flexibility index (Phi) is 6.52. The number of hydrogen-bond donors (Lipinski definition) is 2. The van der Waals surface area contributed by atoms with Gasteiger partial charge in [-0.1, -0.05) is 29.3 Å². The molecule has 0 aliphatic heterocycles. The molecule has 1 atom stereocenters. The van der Waals surface area contributed by atoms with E-state index >= 15 is 0 Å². The minimum absolute atomic E-state index is 0.0532. The van der Waals surface area contributed by atoms with E-state index in [9.17, 15) is 13.5 Å². The van der Waals surface area contributed by atoms with Crippen molar-refractivity contribution in [3.63, 3.8) is 0 Å². The quantitative estimate of drug-likeness (QED) is 0.798. The monoisotopic (exact) mass is 327 g/mol. The van der Waals surface area contributed by atoms with Crippen molar-refractivity contribution >= 4 is 33.2 Å². The van der Waals surface area contributed by atoms with E-state index in [1.54, 1.807) is 6.07 Å². The predicted molar refractivity (Wildman–Crippen MR) is 74.2 cm³/mol. The van der Waals surface area contributed by atoms with E-state index in [2.05, 4.69) is 4.72 Å². The number of hydrogen-bond acceptors (Lipinski definition) is 4. The summed E-state index contributed by atoms with van der Waals surface area (Å²) in [5.74, 6) is 0. The van der Waals surface area contributed by atoms with E-state index in [0.717, 1.165) is 0 Å². The maximum Gasteiger partial charge on any atom is 0.243 e. The van der Waals surface area contributed by atoms with E-state index in [1.807, 2.05) is 0 Å². The van der Waals surface area contributed by atoms with Crippen molar-refractivity contribution in [1.29, 1.82) is 0 Å². The maximum absolute atomic E-state index is 12.0. The molecule has 0 heterocycles. The lowest BCUT2D eigenvalue weighted by Crippen LogP contribution is -2.29. The van der Waals surface area contributed by atoms with Crippen molar-refractivity contribution in [3.8, 4) is 0 Å². The predicted octanol–water partition coefficient (Wildman–Crippen LogP) is 1.67. The van der Waals surface area contributed by atoms with E-state index in [0.29, 0.717) is 0 Å². The van der Waals surface area contributed by atoms with Crippen LogP contribution in [0.5, 0.6) is 0 Å². The Morgan fingerprint density at radius 2 is 1.95 bits per heavy atom. The molecule has 2 N–H and O–H groups in total. The maximum atomic E-state index is 12.0. The number of rotatable bonds is 7. The first-order chi connectivity index (χ1) is 8.88. The normalized spacial score (nSPS) is 13.5. The zero-order valence-electron chi connectivity index (χ0n) is 10.3. The fourth-order valence-electron chi connectivity index (χ4n) is 1.45. The number of methoxy groups -OCH3 is 1. The van der Waals surface area contributed by atoms with E-state index < -0.39 is 16.1 Å². The summed E-state index contributed by atoms with van der Waals surface area (Å²) in [7, 11) is -2.34. The van der Waals surface area contributed by atoms with Crippen molar-refractivity contribution in [2.45, 2.75) is 17.4 Å². The summed E-state index contributed by atoms with van der Waals surface area (Å²) in [6, 6.07) is 4.45. The number of aliphatic hydroxyl groups is 1. The molecule has 0 aliphatic rings. The van der Waals surface area contributed by atoms with Gasteiger partial charge in [0.05, 0.1) is 22.8 Å². The molecule has 0 amide bonds. The Morgan fingerprint density at radius 3 is 2.47 bits per heavy atom. The van der Waals surface area contributed by atoms with E-state index in [-0.39, 0.29) is 34.5 Å². The fourth-order valence-corrected chi connectivity index (χ4v) is 3.63. The number of halogens is 2. The Labute approximate surface area is 122 Å². The number of aliphatic hydroxyl groups excluding tert-OH is 1. The average Bonchev–Trinajstić information content (AvgIpc) is 2.28. The van der Waals surface area contributed by atoms with Crippen molar-refractivity contribution < 1.29 is 18.3 Å². The summed E-state index contributed by atoms with van der Waals surface area (Å²) in [6.07, 6.45) is -0.496. The first-order valence-corrected chi connectivity index (χ1v) is 7.73. The zero-order chi connectivity index (χ0) is 14.5. The highest BCUT2D eigenvalue weighted by molar-refractivity contribution is 7.89. The van der Waals surface area contributed by atoms with Gasteiger partial charge < -0.3 is 9.84 Å². The molecule has 1 aromatic carbocycles. The molecule has 1 rings (SSSR count). The number of ether oxygens (including phenoxy) is 1. The Morgan fingerprint density at radius 1 is 1.37 bits per heavy atom. The summed E-state index contributed by atoms with van der Waals surface area (Å²) >= 11 is 11.7. The van der Waals surface area contributed by atoms with Crippen LogP contribution in [0.1, 0.15) is 6.42 Å². The molecule has 0 spiro atoms. The van der Waals surface area contributed by atoms with Gasteiger partial charge in [-0.2, -0.15) is 0 Å². The standard InChI is InChI=1S/C11H15Cl2NO4S/c1-18-7-8(15)5-6-14-19(16,17)11-9(12)3-2-4-10(11)13/h2-4,8,14-15H,5-7H2,1H3. The van der Waals surface area contributed by atoms with Crippen LogP contribution in [0.3, 0.4) is 0 Å². The molecule has 0 aromatic heterocycles. The minimum atomic E-state index is -3.80.